The predicted octanol–water partition coefficient (Wildman–Crippen LogP) is 1.26. The summed E-state index contributed by atoms with van der Waals surface area (Å²) < 4.78 is 0. The van der Waals surface area contributed by atoms with E-state index >= 15 is 0 Å². The van der Waals surface area contributed by atoms with Crippen molar-refractivity contribution in [1.29, 1.82) is 0 Å². The topological polar surface area (TPSA) is 38.0 Å². The number of nitrogens with two attached hydrogens (primary N) is 1. The Morgan fingerprint density at radius 3 is 2.50 bits per heavy atom. The van der Waals surface area contributed by atoms with Crippen LogP contribution >= 0.6 is 0 Å². The van der Waals surface area contributed by atoms with Gasteiger partial charge in [-0.1, -0.05) is 13.3 Å². The molecule has 3 N–H and O–H groups in total. The minimum absolute atomic E-state index is 0.483. The Hall–Kier alpha value is -0.0800. The SMILES string of the molecule is CC1(CNC2CC(N)C2)CCC1. The zero-order valence-corrected chi connectivity index (χ0v) is 7.97. The van der Waals surface area contributed by atoms with Gasteiger partial charge in [0.25, 0.3) is 0 Å². The number of hydrogen-bond donors (Lipinski definition) is 2. The van der Waals surface area contributed by atoms with Crippen LogP contribution in [0.5, 0.6) is 0 Å². The van der Waals surface area contributed by atoms with Gasteiger partial charge in [-0.2, -0.15) is 0 Å². The third kappa shape index (κ3) is 1.64. The van der Waals surface area contributed by atoms with Gasteiger partial charge in [-0.25, -0.2) is 0 Å². The first-order chi connectivity index (χ1) is 5.68. The molecular weight excluding hydrogens is 148 g/mol. The van der Waals surface area contributed by atoms with Crippen LogP contribution in [0.25, 0.3) is 0 Å². The highest BCUT2D eigenvalue weighted by Crippen LogP contribution is 2.39. The van der Waals surface area contributed by atoms with Crippen molar-refractivity contribution in [2.24, 2.45) is 11.1 Å². The van der Waals surface area contributed by atoms with E-state index in [9.17, 15) is 0 Å². The summed E-state index contributed by atoms with van der Waals surface area (Å²) in [4.78, 5) is 0. The predicted molar refractivity (Wildman–Crippen MR) is 51.0 cm³/mol. The van der Waals surface area contributed by atoms with E-state index in [1.165, 1.54) is 38.6 Å². The fourth-order valence-electron chi connectivity index (χ4n) is 2.18. The molecule has 0 heterocycles. The molecule has 0 atom stereocenters. The highest BCUT2D eigenvalue weighted by Gasteiger charge is 2.33. The maximum absolute atomic E-state index is 5.71. The Morgan fingerprint density at radius 1 is 1.42 bits per heavy atom. The van der Waals surface area contributed by atoms with Crippen LogP contribution in [0.4, 0.5) is 0 Å². The second kappa shape index (κ2) is 3.00. The summed E-state index contributed by atoms with van der Waals surface area (Å²) >= 11 is 0. The zero-order valence-electron chi connectivity index (χ0n) is 7.97. The maximum atomic E-state index is 5.71. The smallest absolute Gasteiger partial charge is 0.00967 e. The van der Waals surface area contributed by atoms with Gasteiger partial charge in [0.15, 0.2) is 0 Å². The quantitative estimate of drug-likeness (QED) is 0.665. The first-order valence-electron chi connectivity index (χ1n) is 5.17. The lowest BCUT2D eigenvalue weighted by molar-refractivity contribution is 0.137. The lowest BCUT2D eigenvalue weighted by Gasteiger charge is -2.42. The van der Waals surface area contributed by atoms with Gasteiger partial charge in [0.2, 0.25) is 0 Å². The van der Waals surface area contributed by atoms with Crippen molar-refractivity contribution >= 4 is 0 Å². The molecule has 2 heteroatoms. The monoisotopic (exact) mass is 168 g/mol. The molecule has 2 aliphatic carbocycles. The Morgan fingerprint density at radius 2 is 2.08 bits per heavy atom. The Bertz CT molecular complexity index is 157. The third-order valence-electron chi connectivity index (χ3n) is 3.55. The van der Waals surface area contributed by atoms with E-state index in [1.807, 2.05) is 0 Å². The second-order valence-electron chi connectivity index (χ2n) is 4.97. The van der Waals surface area contributed by atoms with Crippen molar-refractivity contribution in [3.05, 3.63) is 0 Å². The Labute approximate surface area is 74.9 Å². The van der Waals surface area contributed by atoms with Gasteiger partial charge in [0.05, 0.1) is 0 Å². The molecule has 2 saturated carbocycles. The van der Waals surface area contributed by atoms with E-state index in [-0.39, 0.29) is 0 Å². The van der Waals surface area contributed by atoms with Crippen molar-refractivity contribution in [2.75, 3.05) is 6.54 Å². The summed E-state index contributed by atoms with van der Waals surface area (Å²) in [6, 6.07) is 1.22. The molecule has 2 aliphatic rings. The van der Waals surface area contributed by atoms with Crippen LogP contribution in [0.15, 0.2) is 0 Å². The molecule has 0 unspecified atom stereocenters. The van der Waals surface area contributed by atoms with Crippen LogP contribution in [0, 0.1) is 5.41 Å². The van der Waals surface area contributed by atoms with E-state index in [0.717, 1.165) is 6.04 Å². The average molecular weight is 168 g/mol. The molecule has 0 aromatic carbocycles. The van der Waals surface area contributed by atoms with E-state index in [2.05, 4.69) is 12.2 Å². The van der Waals surface area contributed by atoms with Crippen molar-refractivity contribution in [3.8, 4) is 0 Å². The van der Waals surface area contributed by atoms with Gasteiger partial charge in [-0.05, 0) is 31.1 Å². The zero-order chi connectivity index (χ0) is 8.60. The summed E-state index contributed by atoms with van der Waals surface area (Å²) in [7, 11) is 0. The number of hydrogen-bond acceptors (Lipinski definition) is 2. The van der Waals surface area contributed by atoms with Gasteiger partial charge >= 0.3 is 0 Å². The molecule has 0 aromatic rings. The minimum atomic E-state index is 0.483. The standard InChI is InChI=1S/C10H20N2/c1-10(3-2-4-10)7-12-9-5-8(11)6-9/h8-9,12H,2-7,11H2,1H3. The summed E-state index contributed by atoms with van der Waals surface area (Å²) in [6.07, 6.45) is 6.64. The van der Waals surface area contributed by atoms with E-state index in [4.69, 9.17) is 5.73 Å². The second-order valence-corrected chi connectivity index (χ2v) is 4.97. The minimum Gasteiger partial charge on any atom is -0.328 e. The Kier molecular flexibility index (Phi) is 2.13. The largest absolute Gasteiger partial charge is 0.328 e. The van der Waals surface area contributed by atoms with Crippen LogP contribution in [0.2, 0.25) is 0 Å². The highest BCUT2D eigenvalue weighted by atomic mass is 15.0. The van der Waals surface area contributed by atoms with Crippen LogP contribution in [-0.2, 0) is 0 Å². The fraction of sp³-hybridized carbons (Fsp3) is 1.00. The van der Waals surface area contributed by atoms with Crippen LogP contribution in [0.3, 0.4) is 0 Å². The fourth-order valence-corrected chi connectivity index (χ4v) is 2.18. The Balaban J connectivity index is 1.62. The normalized spacial score (nSPS) is 38.5. The van der Waals surface area contributed by atoms with Gasteiger partial charge < -0.3 is 11.1 Å². The summed E-state index contributed by atoms with van der Waals surface area (Å²) in [5.41, 5.74) is 6.34. The molecule has 12 heavy (non-hydrogen) atoms. The van der Waals surface area contributed by atoms with Crippen molar-refractivity contribution < 1.29 is 0 Å². The van der Waals surface area contributed by atoms with Crippen molar-refractivity contribution in [3.63, 3.8) is 0 Å². The third-order valence-corrected chi connectivity index (χ3v) is 3.55. The molecule has 0 aromatic heterocycles. The van der Waals surface area contributed by atoms with Crippen molar-refractivity contribution in [2.45, 2.75) is 51.1 Å². The maximum Gasteiger partial charge on any atom is 0.00967 e. The van der Waals surface area contributed by atoms with Crippen LogP contribution in [0.1, 0.15) is 39.0 Å². The average Bonchev–Trinajstić information content (AvgIpc) is 1.92. The summed E-state index contributed by atoms with van der Waals surface area (Å²) in [5, 5.41) is 3.61. The van der Waals surface area contributed by atoms with Crippen molar-refractivity contribution in [1.82, 2.24) is 5.32 Å². The van der Waals surface area contributed by atoms with Crippen LogP contribution < -0.4 is 11.1 Å². The van der Waals surface area contributed by atoms with Gasteiger partial charge in [0, 0.05) is 18.6 Å². The summed E-state index contributed by atoms with van der Waals surface area (Å²) in [5.74, 6) is 0. The molecular formula is C10H20N2. The number of nitrogens with one attached hydrogen (secondary N) is 1. The van der Waals surface area contributed by atoms with E-state index < -0.39 is 0 Å². The molecule has 0 bridgehead atoms. The first-order valence-corrected chi connectivity index (χ1v) is 5.17. The molecule has 0 spiro atoms. The first kappa shape index (κ1) is 8.52. The molecule has 2 rings (SSSR count). The van der Waals surface area contributed by atoms with Gasteiger partial charge in [-0.3, -0.25) is 0 Å². The lowest BCUT2D eigenvalue weighted by Crippen LogP contribution is -2.51. The van der Waals surface area contributed by atoms with Gasteiger partial charge in [0.1, 0.15) is 0 Å². The molecule has 0 radical (unpaired) electrons. The highest BCUT2D eigenvalue weighted by molar-refractivity contribution is 4.91. The molecule has 0 amide bonds. The molecule has 70 valence electrons. The van der Waals surface area contributed by atoms with E-state index in [1.54, 1.807) is 0 Å². The molecule has 0 aliphatic heterocycles. The molecule has 2 fully saturated rings. The molecule has 2 nitrogen and oxygen atoms in total. The summed E-state index contributed by atoms with van der Waals surface area (Å²) in [6.45, 7) is 3.60. The van der Waals surface area contributed by atoms with Gasteiger partial charge in [-0.15, -0.1) is 0 Å². The molecule has 0 saturated heterocycles. The number of rotatable bonds is 3. The van der Waals surface area contributed by atoms with Crippen LogP contribution in [-0.4, -0.2) is 18.6 Å². The van der Waals surface area contributed by atoms with E-state index in [0.29, 0.717) is 11.5 Å². The lowest BCUT2D eigenvalue weighted by atomic mass is 9.70.